The zero-order valence-electron chi connectivity index (χ0n) is 12.7. The summed E-state index contributed by atoms with van der Waals surface area (Å²) in [7, 11) is 1.62. The monoisotopic (exact) mass is 296 g/mol. The van der Waals surface area contributed by atoms with Crippen molar-refractivity contribution in [3.63, 3.8) is 0 Å². The van der Waals surface area contributed by atoms with Crippen molar-refractivity contribution in [3.05, 3.63) is 64.7 Å². The smallest absolute Gasteiger partial charge is 0.224 e. The normalized spacial score (nSPS) is 12.8. The molecule has 1 aliphatic rings. The molecule has 0 saturated heterocycles. The first-order valence-electron chi connectivity index (χ1n) is 7.46. The van der Waals surface area contributed by atoms with Crippen molar-refractivity contribution in [1.29, 1.82) is 0 Å². The first-order valence-corrected chi connectivity index (χ1v) is 7.46. The third-order valence-electron chi connectivity index (χ3n) is 3.93. The molecule has 0 saturated carbocycles. The summed E-state index contributed by atoms with van der Waals surface area (Å²) in [4.78, 5) is 12.1. The molecule has 4 heteroatoms. The van der Waals surface area contributed by atoms with Gasteiger partial charge < -0.3 is 15.4 Å². The molecule has 2 aromatic rings. The quantitative estimate of drug-likeness (QED) is 0.889. The van der Waals surface area contributed by atoms with E-state index in [1.807, 2.05) is 24.3 Å². The number of benzene rings is 2. The maximum absolute atomic E-state index is 12.1. The molecule has 4 nitrogen and oxygen atoms in total. The first-order chi connectivity index (χ1) is 10.8. The fraction of sp³-hybridized carbons (Fsp3) is 0.278. The van der Waals surface area contributed by atoms with E-state index in [-0.39, 0.29) is 5.91 Å². The van der Waals surface area contributed by atoms with Crippen molar-refractivity contribution in [2.75, 3.05) is 7.11 Å². The van der Waals surface area contributed by atoms with E-state index in [1.54, 1.807) is 7.11 Å². The van der Waals surface area contributed by atoms with Crippen LogP contribution in [0.15, 0.2) is 42.5 Å². The number of nitrogens with one attached hydrogen (secondary N) is 2. The van der Waals surface area contributed by atoms with Gasteiger partial charge in [-0.05, 0) is 22.8 Å². The average Bonchev–Trinajstić information content (AvgIpc) is 3.01. The summed E-state index contributed by atoms with van der Waals surface area (Å²) in [6.07, 6.45) is 0.330. The van der Waals surface area contributed by atoms with Gasteiger partial charge in [-0.2, -0.15) is 0 Å². The number of fused-ring (bicyclic) bond motifs is 1. The van der Waals surface area contributed by atoms with Gasteiger partial charge in [0.25, 0.3) is 0 Å². The van der Waals surface area contributed by atoms with Gasteiger partial charge in [0.05, 0.1) is 13.5 Å². The van der Waals surface area contributed by atoms with Crippen molar-refractivity contribution < 1.29 is 9.53 Å². The Kier molecular flexibility index (Phi) is 4.39. The predicted molar refractivity (Wildman–Crippen MR) is 85.5 cm³/mol. The summed E-state index contributed by atoms with van der Waals surface area (Å²) in [5.74, 6) is 0.754. The van der Waals surface area contributed by atoms with Gasteiger partial charge in [0.1, 0.15) is 5.75 Å². The van der Waals surface area contributed by atoms with Crippen LogP contribution in [0.4, 0.5) is 0 Å². The van der Waals surface area contributed by atoms with Gasteiger partial charge in [0, 0.05) is 25.2 Å². The number of hydrogen-bond acceptors (Lipinski definition) is 3. The molecule has 2 N–H and O–H groups in total. The highest BCUT2D eigenvalue weighted by molar-refractivity contribution is 5.79. The van der Waals surface area contributed by atoms with Crippen LogP contribution in [0.3, 0.4) is 0 Å². The minimum atomic E-state index is 0.00289. The minimum absolute atomic E-state index is 0.00289. The fourth-order valence-electron chi connectivity index (χ4n) is 2.74. The van der Waals surface area contributed by atoms with E-state index in [2.05, 4.69) is 28.8 Å². The third kappa shape index (κ3) is 3.28. The van der Waals surface area contributed by atoms with Crippen molar-refractivity contribution in [2.24, 2.45) is 0 Å². The summed E-state index contributed by atoms with van der Waals surface area (Å²) in [5, 5.41) is 6.30. The number of carbonyl (C=O) groups excluding carboxylic acids is 1. The molecular weight excluding hydrogens is 276 g/mol. The van der Waals surface area contributed by atoms with E-state index < -0.39 is 0 Å². The number of amides is 1. The lowest BCUT2D eigenvalue weighted by molar-refractivity contribution is -0.120. The van der Waals surface area contributed by atoms with E-state index in [1.165, 1.54) is 11.1 Å². The van der Waals surface area contributed by atoms with Crippen LogP contribution < -0.4 is 15.4 Å². The van der Waals surface area contributed by atoms with E-state index in [9.17, 15) is 4.79 Å². The Labute approximate surface area is 130 Å². The van der Waals surface area contributed by atoms with E-state index in [0.717, 1.165) is 30.0 Å². The second-order valence-electron chi connectivity index (χ2n) is 5.47. The predicted octanol–water partition coefficient (Wildman–Crippen LogP) is 2.16. The van der Waals surface area contributed by atoms with Gasteiger partial charge in [-0.25, -0.2) is 0 Å². The molecule has 0 unspecified atom stereocenters. The summed E-state index contributed by atoms with van der Waals surface area (Å²) >= 11 is 0. The van der Waals surface area contributed by atoms with E-state index >= 15 is 0 Å². The van der Waals surface area contributed by atoms with Crippen LogP contribution >= 0.6 is 0 Å². The molecule has 0 aliphatic carbocycles. The largest absolute Gasteiger partial charge is 0.496 e. The molecular formula is C18H20N2O2. The molecule has 114 valence electrons. The molecule has 0 bridgehead atoms. The Hall–Kier alpha value is -2.33. The van der Waals surface area contributed by atoms with Gasteiger partial charge in [0.2, 0.25) is 5.91 Å². The van der Waals surface area contributed by atoms with Gasteiger partial charge in [-0.3, -0.25) is 4.79 Å². The minimum Gasteiger partial charge on any atom is -0.496 e. The molecule has 3 rings (SSSR count). The summed E-state index contributed by atoms with van der Waals surface area (Å²) in [5.41, 5.74) is 4.72. The Balaban J connectivity index is 1.58. The fourth-order valence-corrected chi connectivity index (χ4v) is 2.74. The van der Waals surface area contributed by atoms with Crippen molar-refractivity contribution in [3.8, 4) is 5.75 Å². The lowest BCUT2D eigenvalue weighted by atomic mass is 10.1. The van der Waals surface area contributed by atoms with Crippen LogP contribution in [0.2, 0.25) is 0 Å². The van der Waals surface area contributed by atoms with Gasteiger partial charge >= 0.3 is 0 Å². The topological polar surface area (TPSA) is 50.4 Å². The number of carbonyl (C=O) groups is 1. The van der Waals surface area contributed by atoms with Gasteiger partial charge in [0.15, 0.2) is 0 Å². The molecule has 1 amide bonds. The maximum atomic E-state index is 12.1. The van der Waals surface area contributed by atoms with Gasteiger partial charge in [-0.15, -0.1) is 0 Å². The lowest BCUT2D eigenvalue weighted by Crippen LogP contribution is -2.24. The van der Waals surface area contributed by atoms with Crippen LogP contribution in [0.1, 0.15) is 22.3 Å². The van der Waals surface area contributed by atoms with E-state index in [4.69, 9.17) is 4.74 Å². The molecule has 2 aromatic carbocycles. The zero-order valence-corrected chi connectivity index (χ0v) is 12.7. The Morgan fingerprint density at radius 2 is 2.00 bits per heavy atom. The molecule has 1 aliphatic heterocycles. The molecule has 0 fully saturated rings. The van der Waals surface area contributed by atoms with Crippen molar-refractivity contribution in [2.45, 2.75) is 26.1 Å². The number of rotatable bonds is 5. The average molecular weight is 296 g/mol. The van der Waals surface area contributed by atoms with Crippen molar-refractivity contribution >= 4 is 5.91 Å². The highest BCUT2D eigenvalue weighted by Gasteiger charge is 2.11. The highest BCUT2D eigenvalue weighted by atomic mass is 16.5. The Morgan fingerprint density at radius 1 is 1.18 bits per heavy atom. The Bertz CT molecular complexity index is 683. The molecule has 0 aromatic heterocycles. The molecule has 0 atom stereocenters. The van der Waals surface area contributed by atoms with E-state index in [0.29, 0.717) is 13.0 Å². The molecule has 22 heavy (non-hydrogen) atoms. The molecule has 0 spiro atoms. The van der Waals surface area contributed by atoms with Crippen LogP contribution in [-0.2, 0) is 30.8 Å². The molecule has 1 heterocycles. The van der Waals surface area contributed by atoms with Crippen LogP contribution in [-0.4, -0.2) is 13.0 Å². The highest BCUT2D eigenvalue weighted by Crippen LogP contribution is 2.18. The molecule has 0 radical (unpaired) electrons. The summed E-state index contributed by atoms with van der Waals surface area (Å²) in [6, 6.07) is 14.0. The van der Waals surface area contributed by atoms with Crippen LogP contribution in [0.5, 0.6) is 5.75 Å². The zero-order chi connectivity index (χ0) is 15.4. The number of methoxy groups -OCH3 is 1. The summed E-state index contributed by atoms with van der Waals surface area (Å²) in [6.45, 7) is 2.41. The van der Waals surface area contributed by atoms with Crippen molar-refractivity contribution in [1.82, 2.24) is 10.6 Å². The first kappa shape index (κ1) is 14.6. The standard InChI is InChI=1S/C18H20N2O2/c1-22-17-5-3-2-4-14(17)9-18(21)20-10-13-6-7-15-11-19-12-16(15)8-13/h2-8,19H,9-12H2,1H3,(H,20,21). The lowest BCUT2D eigenvalue weighted by Gasteiger charge is -2.09. The SMILES string of the molecule is COc1ccccc1CC(=O)NCc1ccc2c(c1)CNC2. The second kappa shape index (κ2) is 6.62. The maximum Gasteiger partial charge on any atom is 0.224 e. The summed E-state index contributed by atoms with van der Waals surface area (Å²) < 4.78 is 5.27. The van der Waals surface area contributed by atoms with Crippen LogP contribution in [0, 0.1) is 0 Å². The Morgan fingerprint density at radius 3 is 2.86 bits per heavy atom. The number of para-hydroxylation sites is 1. The van der Waals surface area contributed by atoms with Crippen LogP contribution in [0.25, 0.3) is 0 Å². The second-order valence-corrected chi connectivity index (χ2v) is 5.47. The third-order valence-corrected chi connectivity index (χ3v) is 3.93. The van der Waals surface area contributed by atoms with Gasteiger partial charge in [-0.1, -0.05) is 36.4 Å². The number of ether oxygens (including phenoxy) is 1. The number of hydrogen-bond donors (Lipinski definition) is 2.